The molecule has 5 nitrogen and oxygen atoms in total. The first kappa shape index (κ1) is 13.4. The quantitative estimate of drug-likeness (QED) is 0.495. The number of terminal acetylenes is 1. The van der Waals surface area contributed by atoms with E-state index in [0.29, 0.717) is 26.1 Å². The molecule has 1 heterocycles. The van der Waals surface area contributed by atoms with E-state index in [1.807, 2.05) is 0 Å². The molecule has 17 heavy (non-hydrogen) atoms. The number of hydrogen-bond donors (Lipinski definition) is 2. The maximum absolute atomic E-state index is 11.4. The van der Waals surface area contributed by atoms with Gasteiger partial charge in [-0.1, -0.05) is 0 Å². The van der Waals surface area contributed by atoms with Gasteiger partial charge in [0, 0.05) is 39.0 Å². The Hall–Kier alpha value is -1.70. The third-order valence-electron chi connectivity index (χ3n) is 2.62. The maximum atomic E-state index is 11.4. The van der Waals surface area contributed by atoms with E-state index in [-0.39, 0.29) is 11.9 Å². The summed E-state index contributed by atoms with van der Waals surface area (Å²) in [5.41, 5.74) is 0. The van der Waals surface area contributed by atoms with Crippen LogP contribution in [0.15, 0.2) is 0 Å². The minimum Gasteiger partial charge on any atom is -0.354 e. The van der Waals surface area contributed by atoms with Crippen LogP contribution in [0.1, 0.15) is 25.7 Å². The van der Waals surface area contributed by atoms with Crippen LogP contribution in [0.4, 0.5) is 4.79 Å². The van der Waals surface area contributed by atoms with E-state index in [2.05, 4.69) is 16.6 Å². The number of carbonyl (C=O) groups is 2. The van der Waals surface area contributed by atoms with Crippen LogP contribution in [-0.2, 0) is 4.79 Å². The predicted molar refractivity (Wildman–Crippen MR) is 65.3 cm³/mol. The molecule has 0 saturated carbocycles. The second-order valence-corrected chi connectivity index (χ2v) is 3.98. The number of nitrogens with one attached hydrogen (secondary N) is 2. The van der Waals surface area contributed by atoms with Crippen molar-refractivity contribution >= 4 is 11.9 Å². The Labute approximate surface area is 102 Å². The number of urea groups is 1. The number of unbranched alkanes of at least 4 members (excludes halogenated alkanes) is 2. The highest BCUT2D eigenvalue weighted by Crippen LogP contribution is 1.98. The van der Waals surface area contributed by atoms with Crippen LogP contribution in [0.2, 0.25) is 0 Å². The first-order valence-corrected chi connectivity index (χ1v) is 5.97. The van der Waals surface area contributed by atoms with Crippen molar-refractivity contribution in [2.24, 2.45) is 0 Å². The van der Waals surface area contributed by atoms with Gasteiger partial charge in [-0.2, -0.15) is 0 Å². The Bertz CT molecular complexity index is 309. The summed E-state index contributed by atoms with van der Waals surface area (Å²) in [7, 11) is 0. The van der Waals surface area contributed by atoms with Crippen molar-refractivity contribution in [3.8, 4) is 12.3 Å². The second kappa shape index (κ2) is 7.55. The van der Waals surface area contributed by atoms with Crippen LogP contribution < -0.4 is 10.6 Å². The molecule has 0 atom stereocenters. The lowest BCUT2D eigenvalue weighted by atomic mass is 10.2. The Morgan fingerprint density at radius 2 is 2.35 bits per heavy atom. The molecule has 0 spiro atoms. The van der Waals surface area contributed by atoms with Gasteiger partial charge in [-0.3, -0.25) is 4.79 Å². The van der Waals surface area contributed by atoms with Gasteiger partial charge >= 0.3 is 6.03 Å². The zero-order valence-electron chi connectivity index (χ0n) is 10.00. The standard InChI is InChI=1S/C12H19N3O2/c1-2-3-4-5-6-11(16)13-7-9-15-10-8-14-12(15)17/h1H,3-10H2,(H,13,16)(H,14,17). The zero-order valence-corrected chi connectivity index (χ0v) is 10.00. The molecular weight excluding hydrogens is 218 g/mol. The minimum absolute atomic E-state index is 0.0293. The molecular formula is C12H19N3O2. The van der Waals surface area contributed by atoms with Gasteiger partial charge < -0.3 is 15.5 Å². The molecule has 0 radical (unpaired) electrons. The normalized spacial score (nSPS) is 14.3. The molecule has 1 aliphatic heterocycles. The molecule has 0 aliphatic carbocycles. The monoisotopic (exact) mass is 237 g/mol. The Balaban J connectivity index is 2.00. The van der Waals surface area contributed by atoms with E-state index in [4.69, 9.17) is 6.42 Å². The van der Waals surface area contributed by atoms with Crippen molar-refractivity contribution in [3.63, 3.8) is 0 Å². The van der Waals surface area contributed by atoms with Crippen LogP contribution >= 0.6 is 0 Å². The minimum atomic E-state index is -0.0479. The molecule has 0 unspecified atom stereocenters. The van der Waals surface area contributed by atoms with Crippen LogP contribution in [0.3, 0.4) is 0 Å². The molecule has 1 rings (SSSR count). The van der Waals surface area contributed by atoms with Crippen molar-refractivity contribution in [1.82, 2.24) is 15.5 Å². The molecule has 3 amide bonds. The maximum Gasteiger partial charge on any atom is 0.317 e. The molecule has 1 saturated heterocycles. The molecule has 0 aromatic heterocycles. The molecule has 1 aliphatic rings. The van der Waals surface area contributed by atoms with Crippen LogP contribution in [0, 0.1) is 12.3 Å². The highest BCUT2D eigenvalue weighted by atomic mass is 16.2. The molecule has 1 fully saturated rings. The summed E-state index contributed by atoms with van der Waals surface area (Å²) in [5.74, 6) is 2.57. The topological polar surface area (TPSA) is 61.4 Å². The third kappa shape index (κ3) is 5.25. The van der Waals surface area contributed by atoms with Crippen molar-refractivity contribution in [3.05, 3.63) is 0 Å². The summed E-state index contributed by atoms with van der Waals surface area (Å²) in [4.78, 5) is 24.3. The van der Waals surface area contributed by atoms with E-state index < -0.39 is 0 Å². The Morgan fingerprint density at radius 1 is 1.53 bits per heavy atom. The summed E-state index contributed by atoms with van der Waals surface area (Å²) in [5, 5.41) is 5.51. The van der Waals surface area contributed by atoms with Crippen LogP contribution in [0.25, 0.3) is 0 Å². The number of nitrogens with zero attached hydrogens (tertiary/aromatic N) is 1. The first-order chi connectivity index (χ1) is 8.24. The summed E-state index contributed by atoms with van der Waals surface area (Å²) in [6.45, 7) is 2.50. The van der Waals surface area contributed by atoms with Gasteiger partial charge in [0.2, 0.25) is 5.91 Å². The molecule has 94 valence electrons. The fraction of sp³-hybridized carbons (Fsp3) is 0.667. The predicted octanol–water partition coefficient (Wildman–Crippen LogP) is 0.321. The fourth-order valence-corrected chi connectivity index (χ4v) is 1.66. The lowest BCUT2D eigenvalue weighted by Gasteiger charge is -2.14. The summed E-state index contributed by atoms with van der Waals surface area (Å²) in [6, 6.07) is -0.0479. The van der Waals surface area contributed by atoms with E-state index >= 15 is 0 Å². The lowest BCUT2D eigenvalue weighted by molar-refractivity contribution is -0.121. The number of amides is 3. The lowest BCUT2D eigenvalue weighted by Crippen LogP contribution is -2.36. The van der Waals surface area contributed by atoms with Gasteiger partial charge in [0.25, 0.3) is 0 Å². The van der Waals surface area contributed by atoms with Gasteiger partial charge in [0.05, 0.1) is 0 Å². The number of carbonyl (C=O) groups excluding carboxylic acids is 2. The Morgan fingerprint density at radius 3 is 3.00 bits per heavy atom. The van der Waals surface area contributed by atoms with Crippen molar-refractivity contribution in [1.29, 1.82) is 0 Å². The highest BCUT2D eigenvalue weighted by molar-refractivity contribution is 5.77. The van der Waals surface area contributed by atoms with E-state index in [1.165, 1.54) is 0 Å². The highest BCUT2D eigenvalue weighted by Gasteiger charge is 2.18. The number of hydrogen-bond acceptors (Lipinski definition) is 2. The SMILES string of the molecule is C#CCCCCC(=O)NCCN1CCNC1=O. The van der Waals surface area contributed by atoms with Crippen LogP contribution in [0.5, 0.6) is 0 Å². The summed E-state index contributed by atoms with van der Waals surface area (Å²) < 4.78 is 0. The molecule has 2 N–H and O–H groups in total. The number of rotatable bonds is 7. The van der Waals surface area contributed by atoms with Gasteiger partial charge in [-0.25, -0.2) is 4.79 Å². The molecule has 0 bridgehead atoms. The van der Waals surface area contributed by atoms with E-state index in [9.17, 15) is 9.59 Å². The van der Waals surface area contributed by atoms with Gasteiger partial charge in [-0.15, -0.1) is 12.3 Å². The van der Waals surface area contributed by atoms with Gasteiger partial charge in [0.1, 0.15) is 0 Å². The summed E-state index contributed by atoms with van der Waals surface area (Å²) >= 11 is 0. The van der Waals surface area contributed by atoms with Crippen molar-refractivity contribution in [2.45, 2.75) is 25.7 Å². The molecule has 5 heteroatoms. The first-order valence-electron chi connectivity index (χ1n) is 5.97. The van der Waals surface area contributed by atoms with E-state index in [1.54, 1.807) is 4.90 Å². The van der Waals surface area contributed by atoms with Gasteiger partial charge in [0.15, 0.2) is 0 Å². The average Bonchev–Trinajstić information content (AvgIpc) is 2.71. The molecule has 0 aromatic carbocycles. The second-order valence-electron chi connectivity index (χ2n) is 3.98. The van der Waals surface area contributed by atoms with E-state index in [0.717, 1.165) is 25.8 Å². The average molecular weight is 237 g/mol. The largest absolute Gasteiger partial charge is 0.354 e. The summed E-state index contributed by atoms with van der Waals surface area (Å²) in [6.07, 6.45) is 8.05. The van der Waals surface area contributed by atoms with Gasteiger partial charge in [-0.05, 0) is 12.8 Å². The van der Waals surface area contributed by atoms with Crippen molar-refractivity contribution < 1.29 is 9.59 Å². The zero-order chi connectivity index (χ0) is 12.5. The fourth-order valence-electron chi connectivity index (χ4n) is 1.66. The third-order valence-corrected chi connectivity index (χ3v) is 2.62. The smallest absolute Gasteiger partial charge is 0.317 e. The Kier molecular flexibility index (Phi) is 5.94. The van der Waals surface area contributed by atoms with Crippen LogP contribution in [-0.4, -0.2) is 43.0 Å². The van der Waals surface area contributed by atoms with Crippen molar-refractivity contribution in [2.75, 3.05) is 26.2 Å². The molecule has 0 aromatic rings.